The van der Waals surface area contributed by atoms with Crippen molar-refractivity contribution < 1.29 is 9.53 Å². The van der Waals surface area contributed by atoms with Crippen LogP contribution in [0.25, 0.3) is 0 Å². The third-order valence-electron chi connectivity index (χ3n) is 4.81. The third-order valence-corrected chi connectivity index (χ3v) is 5.85. The monoisotopic (exact) mass is 382 g/mol. The first-order valence-corrected chi connectivity index (χ1v) is 9.89. The third kappa shape index (κ3) is 4.03. The minimum Gasteiger partial charge on any atom is -0.486 e. The quantitative estimate of drug-likeness (QED) is 0.728. The maximum Gasteiger partial charge on any atom is 0.257 e. The Labute approximate surface area is 162 Å². The van der Waals surface area contributed by atoms with Gasteiger partial charge in [-0.2, -0.15) is 0 Å². The fourth-order valence-electron chi connectivity index (χ4n) is 3.15. The fraction of sp³-hybridized carbons (Fsp3) is 0.350. The molecule has 0 aliphatic heterocycles. The minimum atomic E-state index is -0.148. The minimum absolute atomic E-state index is 0.148. The molecule has 0 saturated carbocycles. The van der Waals surface area contributed by atoms with E-state index in [1.165, 1.54) is 11.3 Å². The summed E-state index contributed by atoms with van der Waals surface area (Å²) in [6.07, 6.45) is 6.85. The van der Waals surface area contributed by atoms with Gasteiger partial charge in [0, 0.05) is 29.9 Å². The Hall–Kier alpha value is -2.67. The first-order chi connectivity index (χ1) is 13.1. The number of nitrogens with zero attached hydrogens (tertiary/aromatic N) is 3. The second-order valence-electron chi connectivity index (χ2n) is 6.96. The molecule has 0 saturated heterocycles. The molecule has 0 bridgehead atoms. The van der Waals surface area contributed by atoms with E-state index in [4.69, 9.17) is 4.74 Å². The van der Waals surface area contributed by atoms with Gasteiger partial charge in [0.1, 0.15) is 18.2 Å². The Bertz CT molecular complexity index is 945. The number of nitrogens with one attached hydrogen (secondary N) is 1. The molecule has 0 spiro atoms. The summed E-state index contributed by atoms with van der Waals surface area (Å²) in [6.45, 7) is 2.65. The first-order valence-electron chi connectivity index (χ1n) is 9.07. The molecule has 4 rings (SSSR count). The number of anilines is 1. The highest BCUT2D eigenvalue weighted by molar-refractivity contribution is 7.15. The predicted octanol–water partition coefficient (Wildman–Crippen LogP) is 3.83. The normalized spacial score (nSPS) is 16.0. The number of carbonyl (C=O) groups is 1. The molecular formula is C20H22N4O2S. The van der Waals surface area contributed by atoms with Crippen molar-refractivity contribution in [1.29, 1.82) is 0 Å². The van der Waals surface area contributed by atoms with Crippen LogP contribution in [0.15, 0.2) is 36.7 Å². The Balaban J connectivity index is 1.37. The number of amides is 1. The largest absolute Gasteiger partial charge is 0.486 e. The highest BCUT2D eigenvalue weighted by Gasteiger charge is 2.20. The number of hydrogen-bond acceptors (Lipinski definition) is 5. The van der Waals surface area contributed by atoms with Crippen LogP contribution < -0.4 is 10.1 Å². The van der Waals surface area contributed by atoms with Gasteiger partial charge in [0.25, 0.3) is 5.91 Å². The Morgan fingerprint density at radius 2 is 2.19 bits per heavy atom. The van der Waals surface area contributed by atoms with Crippen LogP contribution >= 0.6 is 11.3 Å². The van der Waals surface area contributed by atoms with Crippen molar-refractivity contribution in [2.24, 2.45) is 13.0 Å². The zero-order chi connectivity index (χ0) is 18.8. The number of aromatic nitrogens is 3. The van der Waals surface area contributed by atoms with Gasteiger partial charge in [-0.15, -0.1) is 11.3 Å². The Kier molecular flexibility index (Phi) is 4.94. The van der Waals surface area contributed by atoms with Crippen LogP contribution in [0.1, 0.15) is 40.1 Å². The van der Waals surface area contributed by atoms with E-state index in [9.17, 15) is 4.79 Å². The highest BCUT2D eigenvalue weighted by atomic mass is 32.1. The lowest BCUT2D eigenvalue weighted by Crippen LogP contribution is -2.12. The van der Waals surface area contributed by atoms with E-state index in [1.807, 2.05) is 17.8 Å². The van der Waals surface area contributed by atoms with E-state index in [0.29, 0.717) is 29.0 Å². The molecule has 27 heavy (non-hydrogen) atoms. The van der Waals surface area contributed by atoms with Crippen molar-refractivity contribution >= 4 is 22.4 Å². The van der Waals surface area contributed by atoms with Crippen LogP contribution in [0.4, 0.5) is 5.13 Å². The van der Waals surface area contributed by atoms with Gasteiger partial charge in [-0.3, -0.25) is 10.1 Å². The standard InChI is InChI=1S/C20H22N4O2S/c1-13-3-8-16-17(11-13)27-20(22-16)23-19(25)14-4-6-15(7-5-14)26-12-18-21-9-10-24(18)2/h4-7,9-10,13H,3,8,11-12H2,1-2H3,(H,22,23,25). The van der Waals surface area contributed by atoms with Gasteiger partial charge in [-0.25, -0.2) is 9.97 Å². The molecule has 6 nitrogen and oxygen atoms in total. The second kappa shape index (κ2) is 7.52. The van der Waals surface area contributed by atoms with E-state index >= 15 is 0 Å². The summed E-state index contributed by atoms with van der Waals surface area (Å²) in [6, 6.07) is 7.12. The molecule has 1 aliphatic carbocycles. The lowest BCUT2D eigenvalue weighted by atomic mass is 9.93. The van der Waals surface area contributed by atoms with Gasteiger partial charge in [-0.05, 0) is 49.4 Å². The van der Waals surface area contributed by atoms with Crippen LogP contribution in [0.5, 0.6) is 5.75 Å². The maximum absolute atomic E-state index is 12.5. The summed E-state index contributed by atoms with van der Waals surface area (Å²) < 4.78 is 7.64. The topological polar surface area (TPSA) is 69.0 Å². The zero-order valence-electron chi connectivity index (χ0n) is 15.4. The number of thiazole rings is 1. The second-order valence-corrected chi connectivity index (χ2v) is 8.04. The summed E-state index contributed by atoms with van der Waals surface area (Å²) in [4.78, 5) is 22.6. The molecule has 140 valence electrons. The van der Waals surface area contributed by atoms with Crippen molar-refractivity contribution in [1.82, 2.24) is 14.5 Å². The van der Waals surface area contributed by atoms with Gasteiger partial charge < -0.3 is 9.30 Å². The molecule has 1 aliphatic rings. The molecule has 1 aromatic carbocycles. The van der Waals surface area contributed by atoms with Crippen molar-refractivity contribution in [3.63, 3.8) is 0 Å². The van der Waals surface area contributed by atoms with E-state index in [1.54, 1.807) is 41.8 Å². The number of hydrogen-bond donors (Lipinski definition) is 1. The summed E-state index contributed by atoms with van der Waals surface area (Å²) >= 11 is 1.60. The lowest BCUT2D eigenvalue weighted by Gasteiger charge is -2.15. The molecule has 1 N–H and O–H groups in total. The van der Waals surface area contributed by atoms with Crippen LogP contribution in [0.3, 0.4) is 0 Å². The van der Waals surface area contributed by atoms with Crippen LogP contribution in [0, 0.1) is 5.92 Å². The number of benzene rings is 1. The van der Waals surface area contributed by atoms with Crippen LogP contribution in [-0.2, 0) is 26.5 Å². The SMILES string of the molecule is CC1CCc2nc(NC(=O)c3ccc(OCc4nccn4C)cc3)sc2C1. The molecule has 2 heterocycles. The maximum atomic E-state index is 12.5. The van der Waals surface area contributed by atoms with Gasteiger partial charge in [0.15, 0.2) is 5.13 Å². The number of carbonyl (C=O) groups excluding carboxylic acids is 1. The van der Waals surface area contributed by atoms with Crippen molar-refractivity contribution in [2.75, 3.05) is 5.32 Å². The number of ether oxygens (including phenoxy) is 1. The zero-order valence-corrected chi connectivity index (χ0v) is 16.3. The lowest BCUT2D eigenvalue weighted by molar-refractivity contribution is 0.102. The van der Waals surface area contributed by atoms with Crippen molar-refractivity contribution in [3.8, 4) is 5.75 Å². The fourth-order valence-corrected chi connectivity index (χ4v) is 4.31. The van der Waals surface area contributed by atoms with Crippen LogP contribution in [-0.4, -0.2) is 20.4 Å². The average molecular weight is 382 g/mol. The Morgan fingerprint density at radius 3 is 2.93 bits per heavy atom. The summed E-state index contributed by atoms with van der Waals surface area (Å²) in [5.41, 5.74) is 1.73. The van der Waals surface area contributed by atoms with Gasteiger partial charge in [0.2, 0.25) is 0 Å². The average Bonchev–Trinajstić information content (AvgIpc) is 3.25. The number of aryl methyl sites for hydroxylation is 2. The number of imidazole rings is 1. The van der Waals surface area contributed by atoms with E-state index in [-0.39, 0.29) is 5.91 Å². The smallest absolute Gasteiger partial charge is 0.257 e. The molecule has 1 amide bonds. The van der Waals surface area contributed by atoms with E-state index in [2.05, 4.69) is 22.2 Å². The number of rotatable bonds is 5. The van der Waals surface area contributed by atoms with Gasteiger partial charge >= 0.3 is 0 Å². The predicted molar refractivity (Wildman–Crippen MR) is 105 cm³/mol. The molecule has 7 heteroatoms. The van der Waals surface area contributed by atoms with Crippen LogP contribution in [0.2, 0.25) is 0 Å². The van der Waals surface area contributed by atoms with E-state index < -0.39 is 0 Å². The molecule has 2 aromatic heterocycles. The molecular weight excluding hydrogens is 360 g/mol. The van der Waals surface area contributed by atoms with Crippen molar-refractivity contribution in [2.45, 2.75) is 32.8 Å². The molecule has 1 atom stereocenters. The van der Waals surface area contributed by atoms with Gasteiger partial charge in [-0.1, -0.05) is 6.92 Å². The molecule has 0 radical (unpaired) electrons. The van der Waals surface area contributed by atoms with Crippen molar-refractivity contribution in [3.05, 3.63) is 58.6 Å². The first kappa shape index (κ1) is 17.7. The van der Waals surface area contributed by atoms with Gasteiger partial charge in [0.05, 0.1) is 5.69 Å². The summed E-state index contributed by atoms with van der Waals surface area (Å²) in [7, 11) is 1.93. The molecule has 0 fully saturated rings. The number of fused-ring (bicyclic) bond motifs is 1. The van der Waals surface area contributed by atoms with E-state index in [0.717, 1.165) is 24.4 Å². The molecule has 3 aromatic rings. The Morgan fingerprint density at radius 1 is 1.37 bits per heavy atom. The summed E-state index contributed by atoms with van der Waals surface area (Å²) in [5, 5.41) is 3.61. The summed E-state index contributed by atoms with van der Waals surface area (Å²) in [5.74, 6) is 2.09. The molecule has 1 unspecified atom stereocenters. The highest BCUT2D eigenvalue weighted by Crippen LogP contribution is 2.32.